The quantitative estimate of drug-likeness (QED) is 0.632. The van der Waals surface area contributed by atoms with Gasteiger partial charge in [0, 0.05) is 28.7 Å². The maximum absolute atomic E-state index is 13.2. The van der Waals surface area contributed by atoms with Gasteiger partial charge in [-0.2, -0.15) is 0 Å². The van der Waals surface area contributed by atoms with Crippen molar-refractivity contribution < 1.29 is 9.59 Å². The molecule has 0 aliphatic rings. The van der Waals surface area contributed by atoms with E-state index in [1.54, 1.807) is 30.0 Å². The van der Waals surface area contributed by atoms with Crippen molar-refractivity contribution in [1.82, 2.24) is 10.2 Å². The Morgan fingerprint density at radius 2 is 1.66 bits per heavy atom. The molecular formula is C23H28Cl2N2O2. The minimum absolute atomic E-state index is 0.154. The predicted molar refractivity (Wildman–Crippen MR) is 119 cm³/mol. The molecule has 2 rings (SSSR count). The summed E-state index contributed by atoms with van der Waals surface area (Å²) in [4.78, 5) is 27.4. The highest BCUT2D eigenvalue weighted by atomic mass is 35.5. The van der Waals surface area contributed by atoms with Gasteiger partial charge in [-0.3, -0.25) is 9.59 Å². The Morgan fingerprint density at radius 1 is 1.03 bits per heavy atom. The molecule has 0 bridgehead atoms. The molecule has 2 aromatic rings. The van der Waals surface area contributed by atoms with Crippen molar-refractivity contribution in [2.75, 3.05) is 6.54 Å². The summed E-state index contributed by atoms with van der Waals surface area (Å²) in [5.41, 5.74) is 2.62. The summed E-state index contributed by atoms with van der Waals surface area (Å²) in [6.07, 6.45) is 0.200. The van der Waals surface area contributed by atoms with E-state index < -0.39 is 6.04 Å². The van der Waals surface area contributed by atoms with Gasteiger partial charge in [0.1, 0.15) is 6.04 Å². The minimum Gasteiger partial charge on any atom is -0.354 e. The monoisotopic (exact) mass is 434 g/mol. The smallest absolute Gasteiger partial charge is 0.242 e. The van der Waals surface area contributed by atoms with E-state index in [1.807, 2.05) is 45.0 Å². The summed E-state index contributed by atoms with van der Waals surface area (Å²) < 4.78 is 0. The third-order valence-electron chi connectivity index (χ3n) is 4.68. The van der Waals surface area contributed by atoms with Crippen molar-refractivity contribution in [3.05, 3.63) is 69.2 Å². The molecule has 2 aromatic carbocycles. The fraction of sp³-hybridized carbons (Fsp3) is 0.391. The van der Waals surface area contributed by atoms with Crippen molar-refractivity contribution >= 4 is 35.0 Å². The number of amides is 2. The first-order valence-electron chi connectivity index (χ1n) is 9.74. The number of aryl methyl sites for hydroxylation is 1. The van der Waals surface area contributed by atoms with Crippen LogP contribution in [0.4, 0.5) is 0 Å². The topological polar surface area (TPSA) is 49.4 Å². The average molecular weight is 435 g/mol. The lowest BCUT2D eigenvalue weighted by Crippen LogP contribution is -2.48. The van der Waals surface area contributed by atoms with Crippen LogP contribution in [-0.4, -0.2) is 29.3 Å². The lowest BCUT2D eigenvalue weighted by Gasteiger charge is -2.29. The molecule has 0 aliphatic carbocycles. The van der Waals surface area contributed by atoms with Crippen LogP contribution < -0.4 is 5.32 Å². The van der Waals surface area contributed by atoms with E-state index in [9.17, 15) is 9.59 Å². The standard InChI is InChI=1S/C23H28Cl2N2O2/c1-15(2)13-26-23(29)17(4)27(14-19-20(24)9-6-10-21(19)25)22(28)12-18-8-5-7-16(3)11-18/h5-11,15,17H,12-14H2,1-4H3,(H,26,29). The molecule has 1 atom stereocenters. The zero-order chi connectivity index (χ0) is 21.6. The summed E-state index contributed by atoms with van der Waals surface area (Å²) in [6.45, 7) is 8.48. The lowest BCUT2D eigenvalue weighted by molar-refractivity contribution is -0.140. The maximum Gasteiger partial charge on any atom is 0.242 e. The van der Waals surface area contributed by atoms with Crippen molar-refractivity contribution in [2.45, 2.75) is 46.7 Å². The Kier molecular flexibility index (Phi) is 8.54. The van der Waals surface area contributed by atoms with Crippen molar-refractivity contribution in [3.8, 4) is 0 Å². The molecule has 156 valence electrons. The molecule has 1 N–H and O–H groups in total. The van der Waals surface area contributed by atoms with Crippen LogP contribution in [0.3, 0.4) is 0 Å². The zero-order valence-electron chi connectivity index (χ0n) is 17.3. The normalized spacial score (nSPS) is 12.0. The average Bonchev–Trinajstić information content (AvgIpc) is 2.65. The summed E-state index contributed by atoms with van der Waals surface area (Å²) >= 11 is 12.6. The maximum atomic E-state index is 13.2. The van der Waals surface area contributed by atoms with Crippen LogP contribution >= 0.6 is 23.2 Å². The molecule has 29 heavy (non-hydrogen) atoms. The Morgan fingerprint density at radius 3 is 2.24 bits per heavy atom. The Hall–Kier alpha value is -2.04. The third-order valence-corrected chi connectivity index (χ3v) is 5.39. The number of benzene rings is 2. The Labute approximate surface area is 183 Å². The van der Waals surface area contributed by atoms with Gasteiger partial charge in [0.05, 0.1) is 6.42 Å². The van der Waals surface area contributed by atoms with Crippen LogP contribution in [0.2, 0.25) is 10.0 Å². The van der Waals surface area contributed by atoms with Gasteiger partial charge < -0.3 is 10.2 Å². The van der Waals surface area contributed by atoms with Gasteiger partial charge in [-0.25, -0.2) is 0 Å². The molecule has 0 spiro atoms. The molecule has 4 nitrogen and oxygen atoms in total. The summed E-state index contributed by atoms with van der Waals surface area (Å²) in [7, 11) is 0. The summed E-state index contributed by atoms with van der Waals surface area (Å²) in [6, 6.07) is 12.4. The number of hydrogen-bond acceptors (Lipinski definition) is 2. The Balaban J connectivity index is 2.28. The van der Waals surface area contributed by atoms with E-state index in [1.165, 1.54) is 0 Å². The van der Waals surface area contributed by atoms with Crippen molar-refractivity contribution in [3.63, 3.8) is 0 Å². The molecule has 0 heterocycles. The van der Waals surface area contributed by atoms with E-state index in [0.29, 0.717) is 28.1 Å². The van der Waals surface area contributed by atoms with Gasteiger partial charge in [0.2, 0.25) is 11.8 Å². The first-order chi connectivity index (χ1) is 13.7. The van der Waals surface area contributed by atoms with Gasteiger partial charge in [0.15, 0.2) is 0 Å². The van der Waals surface area contributed by atoms with Crippen LogP contribution in [0.1, 0.15) is 37.5 Å². The number of carbonyl (C=O) groups excluding carboxylic acids is 2. The molecule has 2 amide bonds. The van der Waals surface area contributed by atoms with Gasteiger partial charge in [-0.05, 0) is 37.5 Å². The van der Waals surface area contributed by atoms with Gasteiger partial charge >= 0.3 is 0 Å². The number of rotatable bonds is 8. The molecule has 0 saturated heterocycles. The van der Waals surface area contributed by atoms with Crippen LogP contribution in [0.15, 0.2) is 42.5 Å². The summed E-state index contributed by atoms with van der Waals surface area (Å²) in [5, 5.41) is 3.85. The van der Waals surface area contributed by atoms with Gasteiger partial charge in [-0.1, -0.05) is 72.9 Å². The number of nitrogens with zero attached hydrogens (tertiary/aromatic N) is 1. The first kappa shape index (κ1) is 23.2. The zero-order valence-corrected chi connectivity index (χ0v) is 18.8. The van der Waals surface area contributed by atoms with Crippen molar-refractivity contribution in [2.24, 2.45) is 5.92 Å². The molecule has 0 aromatic heterocycles. The van der Waals surface area contributed by atoms with E-state index in [4.69, 9.17) is 23.2 Å². The number of nitrogens with one attached hydrogen (secondary N) is 1. The molecule has 0 radical (unpaired) electrons. The number of hydrogen-bond donors (Lipinski definition) is 1. The van der Waals surface area contributed by atoms with E-state index in [0.717, 1.165) is 11.1 Å². The lowest BCUT2D eigenvalue weighted by atomic mass is 10.1. The van der Waals surface area contributed by atoms with E-state index in [-0.39, 0.29) is 24.8 Å². The molecule has 0 fully saturated rings. The van der Waals surface area contributed by atoms with Crippen LogP contribution in [-0.2, 0) is 22.6 Å². The molecule has 0 saturated carbocycles. The van der Waals surface area contributed by atoms with E-state index >= 15 is 0 Å². The largest absolute Gasteiger partial charge is 0.354 e. The number of carbonyl (C=O) groups is 2. The molecular weight excluding hydrogens is 407 g/mol. The highest BCUT2D eigenvalue weighted by Crippen LogP contribution is 2.27. The van der Waals surface area contributed by atoms with Crippen LogP contribution in [0, 0.1) is 12.8 Å². The second-order valence-electron chi connectivity index (χ2n) is 7.70. The van der Waals surface area contributed by atoms with Crippen LogP contribution in [0.25, 0.3) is 0 Å². The predicted octanol–water partition coefficient (Wildman–Crippen LogP) is 5.03. The highest BCUT2D eigenvalue weighted by molar-refractivity contribution is 6.36. The minimum atomic E-state index is -0.654. The fourth-order valence-corrected chi connectivity index (χ4v) is 3.50. The molecule has 6 heteroatoms. The van der Waals surface area contributed by atoms with E-state index in [2.05, 4.69) is 5.32 Å². The Bertz CT molecular complexity index is 847. The second-order valence-corrected chi connectivity index (χ2v) is 8.52. The number of halogens is 2. The second kappa shape index (κ2) is 10.7. The highest BCUT2D eigenvalue weighted by Gasteiger charge is 2.27. The third kappa shape index (κ3) is 6.76. The van der Waals surface area contributed by atoms with Crippen molar-refractivity contribution in [1.29, 1.82) is 0 Å². The van der Waals surface area contributed by atoms with Crippen LogP contribution in [0.5, 0.6) is 0 Å². The fourth-order valence-electron chi connectivity index (χ4n) is 2.99. The molecule has 1 unspecified atom stereocenters. The SMILES string of the molecule is Cc1cccc(CC(=O)N(Cc2c(Cl)cccc2Cl)C(C)C(=O)NCC(C)C)c1. The van der Waals surface area contributed by atoms with Gasteiger partial charge in [0.25, 0.3) is 0 Å². The van der Waals surface area contributed by atoms with Gasteiger partial charge in [-0.15, -0.1) is 0 Å². The first-order valence-corrected chi connectivity index (χ1v) is 10.5. The molecule has 0 aliphatic heterocycles. The summed E-state index contributed by atoms with van der Waals surface area (Å²) in [5.74, 6) is -0.0288.